The number of hydrogen-bond acceptors (Lipinski definition) is 3. The average Bonchev–Trinajstić information content (AvgIpc) is 2.05. The molecule has 3 nitrogen and oxygen atoms in total. The molecule has 1 N–H and O–H groups in total. The molecule has 0 aliphatic heterocycles. The average molecular weight is 176 g/mol. The molecule has 60 valence electrons. The molecule has 0 saturated carbocycles. The molecule has 0 atom stereocenters. The van der Waals surface area contributed by atoms with Crippen LogP contribution < -0.4 is 0 Å². The van der Waals surface area contributed by atoms with Crippen molar-refractivity contribution in [2.45, 2.75) is 6.92 Å². The monoisotopic (exact) mass is 176 g/mol. The van der Waals surface area contributed by atoms with E-state index >= 15 is 0 Å². The standard InChI is InChI=1S/C8H8O3.Na.H/c1-6-2-4-7(5-3-6)8(9)11-10;;/h2-5,10H,1H3;;. The summed E-state index contributed by atoms with van der Waals surface area (Å²) in [5, 5.41) is 8.01. The molecule has 0 aliphatic rings. The van der Waals surface area contributed by atoms with Crippen molar-refractivity contribution in [2.24, 2.45) is 0 Å². The van der Waals surface area contributed by atoms with E-state index in [-0.39, 0.29) is 29.6 Å². The van der Waals surface area contributed by atoms with Crippen LogP contribution >= 0.6 is 0 Å². The topological polar surface area (TPSA) is 46.5 Å². The van der Waals surface area contributed by atoms with Gasteiger partial charge in [-0.1, -0.05) is 17.7 Å². The van der Waals surface area contributed by atoms with Gasteiger partial charge in [0.1, 0.15) is 0 Å². The number of carbonyl (C=O) groups excluding carboxylic acids is 1. The fraction of sp³-hybridized carbons (Fsp3) is 0.125. The van der Waals surface area contributed by atoms with Gasteiger partial charge in [0.15, 0.2) is 0 Å². The number of carbonyl (C=O) groups is 1. The van der Waals surface area contributed by atoms with Gasteiger partial charge in [0.2, 0.25) is 0 Å². The van der Waals surface area contributed by atoms with Crippen LogP contribution in [0.4, 0.5) is 0 Å². The predicted molar refractivity (Wildman–Crippen MR) is 46.4 cm³/mol. The summed E-state index contributed by atoms with van der Waals surface area (Å²) in [5.74, 6) is -0.731. The van der Waals surface area contributed by atoms with Crippen molar-refractivity contribution in [1.82, 2.24) is 0 Å². The first-order valence-electron chi connectivity index (χ1n) is 3.16. The Hall–Kier alpha value is -0.350. The zero-order valence-corrected chi connectivity index (χ0v) is 6.07. The molecule has 0 amide bonds. The minimum atomic E-state index is -0.731. The molecule has 0 unspecified atom stereocenters. The number of aryl methyl sites for hydroxylation is 1. The Morgan fingerprint density at radius 3 is 2.25 bits per heavy atom. The maximum absolute atomic E-state index is 10.7. The van der Waals surface area contributed by atoms with E-state index < -0.39 is 5.97 Å². The number of benzene rings is 1. The third kappa shape index (κ3) is 2.95. The molecule has 12 heavy (non-hydrogen) atoms. The quantitative estimate of drug-likeness (QED) is 0.394. The van der Waals surface area contributed by atoms with Crippen molar-refractivity contribution in [3.63, 3.8) is 0 Å². The summed E-state index contributed by atoms with van der Waals surface area (Å²) >= 11 is 0. The second kappa shape index (κ2) is 5.32. The molecule has 0 aromatic heterocycles. The molecular weight excluding hydrogens is 167 g/mol. The third-order valence-corrected chi connectivity index (χ3v) is 1.37. The van der Waals surface area contributed by atoms with Gasteiger partial charge >= 0.3 is 35.5 Å². The summed E-state index contributed by atoms with van der Waals surface area (Å²) in [6, 6.07) is 6.72. The van der Waals surface area contributed by atoms with Crippen LogP contribution in [0.3, 0.4) is 0 Å². The zero-order chi connectivity index (χ0) is 8.27. The summed E-state index contributed by atoms with van der Waals surface area (Å²) in [5.41, 5.74) is 1.40. The van der Waals surface area contributed by atoms with Gasteiger partial charge < -0.3 is 0 Å². The summed E-state index contributed by atoms with van der Waals surface area (Å²) in [6.07, 6.45) is 0. The Kier molecular flexibility index (Phi) is 5.17. The minimum absolute atomic E-state index is 0. The number of hydrogen-bond donors (Lipinski definition) is 1. The van der Waals surface area contributed by atoms with Crippen molar-refractivity contribution in [2.75, 3.05) is 0 Å². The SMILES string of the molecule is Cc1ccc(C(=O)OO)cc1.[NaH]. The molecule has 0 radical (unpaired) electrons. The molecule has 0 spiro atoms. The summed E-state index contributed by atoms with van der Waals surface area (Å²) in [6.45, 7) is 1.91. The second-order valence-corrected chi connectivity index (χ2v) is 2.24. The molecular formula is C8H9NaO3. The first-order valence-corrected chi connectivity index (χ1v) is 3.16. The Morgan fingerprint density at radius 2 is 1.83 bits per heavy atom. The predicted octanol–water partition coefficient (Wildman–Crippen LogP) is 0.976. The molecule has 1 aromatic carbocycles. The van der Waals surface area contributed by atoms with E-state index in [0.29, 0.717) is 5.56 Å². The van der Waals surface area contributed by atoms with E-state index in [1.54, 1.807) is 24.3 Å². The van der Waals surface area contributed by atoms with Gasteiger partial charge in [-0.3, -0.25) is 4.89 Å². The van der Waals surface area contributed by atoms with Gasteiger partial charge in [-0.05, 0) is 19.1 Å². The van der Waals surface area contributed by atoms with E-state index in [0.717, 1.165) is 5.56 Å². The van der Waals surface area contributed by atoms with Crippen molar-refractivity contribution in [3.8, 4) is 0 Å². The zero-order valence-electron chi connectivity index (χ0n) is 6.07. The van der Waals surface area contributed by atoms with Crippen LogP contribution in [0.1, 0.15) is 15.9 Å². The van der Waals surface area contributed by atoms with Crippen molar-refractivity contribution in [3.05, 3.63) is 35.4 Å². The van der Waals surface area contributed by atoms with Crippen LogP contribution in [0.2, 0.25) is 0 Å². The normalized spacial score (nSPS) is 8.50. The molecule has 0 fully saturated rings. The van der Waals surface area contributed by atoms with Crippen LogP contribution in [-0.2, 0) is 4.89 Å². The van der Waals surface area contributed by atoms with Crippen LogP contribution in [0.25, 0.3) is 0 Å². The molecule has 1 rings (SSSR count). The Morgan fingerprint density at radius 1 is 1.33 bits per heavy atom. The summed E-state index contributed by atoms with van der Waals surface area (Å²) in [7, 11) is 0. The Labute approximate surface area is 92.6 Å². The summed E-state index contributed by atoms with van der Waals surface area (Å²) < 4.78 is 0. The molecule has 4 heteroatoms. The first-order chi connectivity index (χ1) is 5.24. The molecule has 0 bridgehead atoms. The van der Waals surface area contributed by atoms with Gasteiger partial charge in [0.25, 0.3) is 0 Å². The second-order valence-electron chi connectivity index (χ2n) is 2.24. The van der Waals surface area contributed by atoms with Crippen LogP contribution in [0.5, 0.6) is 0 Å². The molecule has 0 heterocycles. The Bertz CT molecular complexity index is 256. The van der Waals surface area contributed by atoms with Crippen molar-refractivity contribution in [1.29, 1.82) is 0 Å². The molecule has 0 aliphatic carbocycles. The van der Waals surface area contributed by atoms with Crippen LogP contribution in [0, 0.1) is 6.92 Å². The van der Waals surface area contributed by atoms with Gasteiger partial charge in [0, 0.05) is 0 Å². The van der Waals surface area contributed by atoms with Crippen LogP contribution in [-0.4, -0.2) is 40.8 Å². The number of rotatable bonds is 1. The fourth-order valence-electron chi connectivity index (χ4n) is 0.742. The van der Waals surface area contributed by atoms with Gasteiger partial charge in [0.05, 0.1) is 5.56 Å². The fourth-order valence-corrected chi connectivity index (χ4v) is 0.742. The van der Waals surface area contributed by atoms with Crippen molar-refractivity contribution >= 4 is 35.5 Å². The first kappa shape index (κ1) is 11.6. The van der Waals surface area contributed by atoms with Crippen molar-refractivity contribution < 1.29 is 14.9 Å². The van der Waals surface area contributed by atoms with E-state index in [2.05, 4.69) is 4.89 Å². The van der Waals surface area contributed by atoms with E-state index in [1.165, 1.54) is 0 Å². The summed E-state index contributed by atoms with van der Waals surface area (Å²) in [4.78, 5) is 14.2. The third-order valence-electron chi connectivity index (χ3n) is 1.37. The van der Waals surface area contributed by atoms with E-state index in [1.807, 2.05) is 6.92 Å². The van der Waals surface area contributed by atoms with Gasteiger partial charge in [-0.15, -0.1) is 0 Å². The molecule has 0 saturated heterocycles. The van der Waals surface area contributed by atoms with Gasteiger partial charge in [-0.2, -0.15) is 5.26 Å². The van der Waals surface area contributed by atoms with Gasteiger partial charge in [-0.25, -0.2) is 4.79 Å². The van der Waals surface area contributed by atoms with E-state index in [4.69, 9.17) is 5.26 Å². The molecule has 1 aromatic rings. The Balaban J connectivity index is 0.00000121. The van der Waals surface area contributed by atoms with E-state index in [9.17, 15) is 4.79 Å². The van der Waals surface area contributed by atoms with Crippen LogP contribution in [0.15, 0.2) is 24.3 Å². The maximum atomic E-state index is 10.7.